The number of barbiturate groups is 1. The number of halogens is 2. The molecule has 1 N–H and O–H groups in total. The topological polar surface area (TPSA) is 75.7 Å². The van der Waals surface area contributed by atoms with E-state index in [-0.39, 0.29) is 17.9 Å². The first-order valence-corrected chi connectivity index (χ1v) is 12.6. The number of carbonyl (C=O) groups is 3. The average Bonchev–Trinajstić information content (AvgIpc) is 2.88. The molecule has 1 fully saturated rings. The number of fused-ring (bicyclic) bond motifs is 1. The number of carbonyl (C=O) groups excluding carboxylic acids is 3. The molecule has 190 valence electrons. The summed E-state index contributed by atoms with van der Waals surface area (Å²) < 4.78 is 6.20. The summed E-state index contributed by atoms with van der Waals surface area (Å²) in [5.74, 6) is -1.16. The Morgan fingerprint density at radius 3 is 2.39 bits per heavy atom. The SMILES string of the molecule is Cc1ccc(Cl)cc1N1C(=O)NC(=O)/C(=C\c2cc(Cl)ccc2OCc2c(C)ccc3ccccc23)C1=O. The number of imide groups is 2. The summed E-state index contributed by atoms with van der Waals surface area (Å²) in [4.78, 5) is 39.8. The Hall–Kier alpha value is -4.13. The van der Waals surface area contributed by atoms with Crippen LogP contribution < -0.4 is 15.0 Å². The highest BCUT2D eigenvalue weighted by Crippen LogP contribution is 2.31. The maximum absolute atomic E-state index is 13.4. The first kappa shape index (κ1) is 25.5. The largest absolute Gasteiger partial charge is 0.488 e. The molecule has 1 aliphatic heterocycles. The first-order valence-electron chi connectivity index (χ1n) is 11.8. The molecule has 5 rings (SSSR count). The number of nitrogens with zero attached hydrogens (tertiary/aromatic N) is 1. The van der Waals surface area contributed by atoms with Gasteiger partial charge in [-0.15, -0.1) is 0 Å². The van der Waals surface area contributed by atoms with Crippen LogP contribution in [-0.2, 0) is 16.2 Å². The van der Waals surface area contributed by atoms with E-state index in [0.717, 1.165) is 26.8 Å². The Morgan fingerprint density at radius 1 is 0.868 bits per heavy atom. The first-order chi connectivity index (χ1) is 18.2. The second-order valence-electron chi connectivity index (χ2n) is 8.94. The predicted molar refractivity (Wildman–Crippen MR) is 150 cm³/mol. The van der Waals surface area contributed by atoms with Gasteiger partial charge in [0.05, 0.1) is 5.69 Å². The van der Waals surface area contributed by atoms with Gasteiger partial charge >= 0.3 is 6.03 Å². The van der Waals surface area contributed by atoms with E-state index in [0.29, 0.717) is 26.9 Å². The molecular formula is C30H22Cl2N2O4. The van der Waals surface area contributed by atoms with Crippen LogP contribution in [0.25, 0.3) is 16.8 Å². The maximum Gasteiger partial charge on any atom is 0.335 e. The lowest BCUT2D eigenvalue weighted by molar-refractivity contribution is -0.122. The number of rotatable bonds is 5. The van der Waals surface area contributed by atoms with E-state index in [1.807, 2.05) is 37.3 Å². The van der Waals surface area contributed by atoms with Crippen LogP contribution in [0.15, 0.2) is 78.4 Å². The van der Waals surface area contributed by atoms with Crippen LogP contribution >= 0.6 is 23.2 Å². The van der Waals surface area contributed by atoms with Crippen molar-refractivity contribution in [2.24, 2.45) is 0 Å². The Bertz CT molecular complexity index is 1660. The van der Waals surface area contributed by atoms with Gasteiger partial charge in [0.1, 0.15) is 17.9 Å². The fourth-order valence-corrected chi connectivity index (χ4v) is 4.75. The van der Waals surface area contributed by atoms with Gasteiger partial charge in [-0.05, 0) is 72.2 Å². The van der Waals surface area contributed by atoms with Crippen LogP contribution in [0, 0.1) is 13.8 Å². The highest BCUT2D eigenvalue weighted by atomic mass is 35.5. The predicted octanol–water partition coefficient (Wildman–Crippen LogP) is 7.01. The summed E-state index contributed by atoms with van der Waals surface area (Å²) in [6.45, 7) is 4.02. The van der Waals surface area contributed by atoms with Crippen LogP contribution in [0.1, 0.15) is 22.3 Å². The molecule has 1 aliphatic rings. The van der Waals surface area contributed by atoms with Gasteiger partial charge in [-0.25, -0.2) is 9.69 Å². The third-order valence-electron chi connectivity index (χ3n) is 6.43. The van der Waals surface area contributed by atoms with Crippen molar-refractivity contribution < 1.29 is 19.1 Å². The van der Waals surface area contributed by atoms with E-state index in [1.54, 1.807) is 37.3 Å². The number of aryl methyl sites for hydroxylation is 2. The second-order valence-corrected chi connectivity index (χ2v) is 9.81. The minimum absolute atomic E-state index is 0.238. The summed E-state index contributed by atoms with van der Waals surface area (Å²) >= 11 is 12.4. The molecule has 0 aromatic heterocycles. The minimum Gasteiger partial charge on any atom is -0.488 e. The van der Waals surface area contributed by atoms with Crippen molar-refractivity contribution in [1.82, 2.24) is 5.32 Å². The smallest absolute Gasteiger partial charge is 0.335 e. The summed E-state index contributed by atoms with van der Waals surface area (Å²) in [5.41, 5.74) is 3.21. The molecule has 8 heteroatoms. The minimum atomic E-state index is -0.850. The lowest BCUT2D eigenvalue weighted by Gasteiger charge is -2.27. The van der Waals surface area contributed by atoms with Crippen molar-refractivity contribution >= 4 is 63.6 Å². The average molecular weight is 545 g/mol. The highest BCUT2D eigenvalue weighted by molar-refractivity contribution is 6.40. The molecule has 4 amide bonds. The fourth-order valence-electron chi connectivity index (χ4n) is 4.41. The highest BCUT2D eigenvalue weighted by Gasteiger charge is 2.37. The number of hydrogen-bond donors (Lipinski definition) is 1. The quantitative estimate of drug-likeness (QED) is 0.216. The standard InChI is InChI=1S/C30H22Cl2N2O4/c1-17-7-9-19-5-3-4-6-23(19)25(17)16-38-27-12-11-21(31)13-20(27)14-24-28(35)33-30(37)34(29(24)36)26-15-22(32)10-8-18(26)2/h3-15H,16H2,1-2H3,(H,33,35,37)/b24-14+. The number of hydrogen-bond acceptors (Lipinski definition) is 4. The molecule has 38 heavy (non-hydrogen) atoms. The van der Waals surface area contributed by atoms with Crippen molar-refractivity contribution in [2.75, 3.05) is 4.90 Å². The number of urea groups is 1. The Balaban J connectivity index is 1.51. The van der Waals surface area contributed by atoms with Gasteiger partial charge in [-0.2, -0.15) is 0 Å². The maximum atomic E-state index is 13.4. The summed E-state index contributed by atoms with van der Waals surface area (Å²) in [6.07, 6.45) is 1.38. The van der Waals surface area contributed by atoms with Crippen LogP contribution in [0.3, 0.4) is 0 Å². The van der Waals surface area contributed by atoms with Crippen LogP contribution in [-0.4, -0.2) is 17.8 Å². The van der Waals surface area contributed by atoms with Gasteiger partial charge in [0.15, 0.2) is 0 Å². The van der Waals surface area contributed by atoms with Crippen molar-refractivity contribution in [3.05, 3.63) is 111 Å². The van der Waals surface area contributed by atoms with Crippen LogP contribution in [0.4, 0.5) is 10.5 Å². The zero-order valence-corrected chi connectivity index (χ0v) is 22.1. The van der Waals surface area contributed by atoms with Gasteiger partial charge in [0, 0.05) is 21.2 Å². The number of nitrogens with one attached hydrogen (secondary N) is 1. The van der Waals surface area contributed by atoms with Crippen molar-refractivity contribution in [3.63, 3.8) is 0 Å². The number of ether oxygens (including phenoxy) is 1. The van der Waals surface area contributed by atoms with Gasteiger partial charge in [0.2, 0.25) is 0 Å². The van der Waals surface area contributed by atoms with E-state index < -0.39 is 17.8 Å². The fraction of sp³-hybridized carbons (Fsp3) is 0.100. The molecule has 4 aromatic rings. The number of anilines is 1. The number of amides is 4. The van der Waals surface area contributed by atoms with E-state index in [2.05, 4.69) is 11.4 Å². The molecule has 0 aliphatic carbocycles. The van der Waals surface area contributed by atoms with Crippen LogP contribution in [0.2, 0.25) is 10.0 Å². The zero-order valence-electron chi connectivity index (χ0n) is 20.5. The van der Waals surface area contributed by atoms with E-state index >= 15 is 0 Å². The lowest BCUT2D eigenvalue weighted by atomic mass is 10.0. The molecule has 1 heterocycles. The molecule has 4 aromatic carbocycles. The summed E-state index contributed by atoms with van der Waals surface area (Å²) in [6, 6.07) is 21.1. The number of benzene rings is 4. The van der Waals surface area contributed by atoms with Gasteiger partial charge in [0.25, 0.3) is 11.8 Å². The zero-order chi connectivity index (χ0) is 27.0. The molecule has 0 bridgehead atoms. The van der Waals surface area contributed by atoms with Gasteiger partial charge in [-0.1, -0.05) is 65.7 Å². The van der Waals surface area contributed by atoms with E-state index in [1.165, 1.54) is 12.1 Å². The molecule has 0 saturated carbocycles. The Morgan fingerprint density at radius 2 is 1.58 bits per heavy atom. The van der Waals surface area contributed by atoms with E-state index in [4.69, 9.17) is 27.9 Å². The normalized spacial score (nSPS) is 14.8. The van der Waals surface area contributed by atoms with Crippen molar-refractivity contribution in [1.29, 1.82) is 0 Å². The molecular weight excluding hydrogens is 523 g/mol. The second kappa shape index (κ2) is 10.3. The monoisotopic (exact) mass is 544 g/mol. The van der Waals surface area contributed by atoms with E-state index in [9.17, 15) is 14.4 Å². The van der Waals surface area contributed by atoms with Gasteiger partial charge in [-0.3, -0.25) is 14.9 Å². The third-order valence-corrected chi connectivity index (χ3v) is 6.90. The molecule has 1 saturated heterocycles. The third kappa shape index (κ3) is 4.88. The molecule has 6 nitrogen and oxygen atoms in total. The molecule has 0 spiro atoms. The Kier molecular flexibility index (Phi) is 6.93. The van der Waals surface area contributed by atoms with Crippen molar-refractivity contribution in [2.45, 2.75) is 20.5 Å². The van der Waals surface area contributed by atoms with Crippen LogP contribution in [0.5, 0.6) is 5.75 Å². The molecule has 0 unspecified atom stereocenters. The molecule has 0 atom stereocenters. The van der Waals surface area contributed by atoms with Crippen molar-refractivity contribution in [3.8, 4) is 5.75 Å². The summed E-state index contributed by atoms with van der Waals surface area (Å²) in [7, 11) is 0. The Labute approximate surface area is 229 Å². The summed E-state index contributed by atoms with van der Waals surface area (Å²) in [5, 5.41) is 5.16. The molecule has 0 radical (unpaired) electrons. The van der Waals surface area contributed by atoms with Gasteiger partial charge < -0.3 is 4.74 Å². The lowest BCUT2D eigenvalue weighted by Crippen LogP contribution is -2.54.